The van der Waals surface area contributed by atoms with Gasteiger partial charge >= 0.3 is 5.97 Å². The van der Waals surface area contributed by atoms with Gasteiger partial charge in [-0.15, -0.1) is 0 Å². The van der Waals surface area contributed by atoms with Crippen LogP contribution in [-0.2, 0) is 4.79 Å². The maximum atomic E-state index is 13.5. The van der Waals surface area contributed by atoms with Crippen LogP contribution < -0.4 is 10.2 Å². The van der Waals surface area contributed by atoms with Crippen LogP contribution in [0.15, 0.2) is 34.9 Å². The smallest absolute Gasteiger partial charge is 0.303 e. The molecule has 0 spiro atoms. The van der Waals surface area contributed by atoms with E-state index in [1.165, 1.54) is 6.42 Å². The number of aromatic nitrogens is 1. The van der Waals surface area contributed by atoms with Crippen LogP contribution in [0.4, 0.5) is 11.4 Å². The number of piperidine rings is 1. The highest BCUT2D eigenvalue weighted by Gasteiger charge is 2.34. The fourth-order valence-corrected chi connectivity index (χ4v) is 5.25. The molecule has 1 aliphatic carbocycles. The van der Waals surface area contributed by atoms with Crippen molar-refractivity contribution in [3.8, 4) is 11.3 Å². The summed E-state index contributed by atoms with van der Waals surface area (Å²) in [7, 11) is 0. The number of carbonyl (C=O) groups is 2. The Morgan fingerprint density at radius 2 is 1.94 bits per heavy atom. The second-order valence-electron chi connectivity index (χ2n) is 9.20. The van der Waals surface area contributed by atoms with Gasteiger partial charge in [-0.25, -0.2) is 0 Å². The Bertz CT molecular complexity index is 1210. The summed E-state index contributed by atoms with van der Waals surface area (Å²) in [6, 6.07) is 9.45. The topological polar surface area (TPSA) is 95.7 Å². The molecule has 2 heterocycles. The number of carboxylic acid groups (broad SMARTS) is 1. The molecule has 2 aromatic carbocycles. The van der Waals surface area contributed by atoms with Crippen LogP contribution in [0.25, 0.3) is 22.2 Å². The third kappa shape index (κ3) is 3.42. The van der Waals surface area contributed by atoms with Crippen molar-refractivity contribution < 1.29 is 19.2 Å². The average molecular weight is 434 g/mol. The number of carboxylic acids is 1. The zero-order chi connectivity index (χ0) is 22.4. The molecule has 1 fully saturated rings. The molecule has 2 aliphatic rings. The average Bonchev–Trinajstić information content (AvgIpc) is 3.19. The predicted molar refractivity (Wildman–Crippen MR) is 123 cm³/mol. The molecule has 7 heteroatoms. The third-order valence-electron chi connectivity index (χ3n) is 6.47. The minimum Gasteiger partial charge on any atom is -0.481 e. The number of aliphatic carboxylic acids is 1. The Kier molecular flexibility index (Phi) is 5.12. The van der Waals surface area contributed by atoms with Crippen LogP contribution in [0.2, 0.25) is 0 Å². The van der Waals surface area contributed by atoms with Crippen molar-refractivity contribution in [3.63, 3.8) is 0 Å². The highest BCUT2D eigenvalue weighted by Crippen LogP contribution is 2.46. The molecule has 0 amide bonds. The number of nitrogens with zero attached hydrogens (tertiary/aromatic N) is 2. The van der Waals surface area contributed by atoms with E-state index in [9.17, 15) is 9.59 Å². The maximum absolute atomic E-state index is 13.5. The molecule has 0 radical (unpaired) electrons. The fourth-order valence-electron chi connectivity index (χ4n) is 5.25. The lowest BCUT2D eigenvalue weighted by atomic mass is 9.85. The molecule has 1 saturated heterocycles. The van der Waals surface area contributed by atoms with E-state index in [1.807, 2.05) is 30.3 Å². The van der Waals surface area contributed by atoms with Gasteiger partial charge in [-0.3, -0.25) is 9.59 Å². The summed E-state index contributed by atoms with van der Waals surface area (Å²) < 4.78 is 5.83. The third-order valence-corrected chi connectivity index (χ3v) is 6.47. The van der Waals surface area contributed by atoms with E-state index in [1.54, 1.807) is 0 Å². The zero-order valence-electron chi connectivity index (χ0n) is 18.4. The number of rotatable bonds is 6. The molecule has 3 aromatic rings. The van der Waals surface area contributed by atoms with Crippen molar-refractivity contribution in [2.24, 2.45) is 11.8 Å². The van der Waals surface area contributed by atoms with Crippen LogP contribution in [0, 0.1) is 11.8 Å². The molecule has 2 N–H and O–H groups in total. The zero-order valence-corrected chi connectivity index (χ0v) is 18.4. The minimum atomic E-state index is -0.827. The van der Waals surface area contributed by atoms with Gasteiger partial charge in [0.25, 0.3) is 0 Å². The Hall–Kier alpha value is -3.35. The molecule has 2 atom stereocenters. The van der Waals surface area contributed by atoms with Crippen molar-refractivity contribution in [2.45, 2.75) is 33.1 Å². The van der Waals surface area contributed by atoms with Crippen molar-refractivity contribution in [1.82, 2.24) is 5.16 Å². The summed E-state index contributed by atoms with van der Waals surface area (Å²) in [6.45, 7) is 6.83. The normalized spacial score (nSPS) is 19.8. The first-order valence-electron chi connectivity index (χ1n) is 11.2. The first kappa shape index (κ1) is 20.5. The van der Waals surface area contributed by atoms with E-state index in [0.717, 1.165) is 35.2 Å². The summed E-state index contributed by atoms with van der Waals surface area (Å²) in [6.07, 6.45) is 1.74. The summed E-state index contributed by atoms with van der Waals surface area (Å²) >= 11 is 0. The lowest BCUT2D eigenvalue weighted by Gasteiger charge is -2.37. The number of carbonyl (C=O) groups excluding carboxylic acids is 1. The monoisotopic (exact) mass is 433 g/mol. The van der Waals surface area contributed by atoms with E-state index in [0.29, 0.717) is 47.4 Å². The first-order valence-corrected chi connectivity index (χ1v) is 11.2. The van der Waals surface area contributed by atoms with E-state index in [2.05, 4.69) is 29.2 Å². The van der Waals surface area contributed by atoms with Crippen molar-refractivity contribution in [3.05, 3.63) is 41.5 Å². The predicted octanol–water partition coefficient (Wildman–Crippen LogP) is 4.80. The largest absolute Gasteiger partial charge is 0.481 e. The van der Waals surface area contributed by atoms with Crippen molar-refractivity contribution >= 4 is 34.0 Å². The SMILES string of the molecule is CC1CC(C)CN(c2cc(NCCCC(=O)O)c3c4c(onc24)-c2ccccc2C3=O)C1. The quantitative estimate of drug-likeness (QED) is 0.422. The number of hydrogen-bond acceptors (Lipinski definition) is 6. The van der Waals surface area contributed by atoms with Crippen LogP contribution >= 0.6 is 0 Å². The standard InChI is InChI=1S/C25H27N3O4/c1-14-10-15(2)13-28(12-14)19-11-18(26-9-5-8-20(29)30)21-22-23(19)27-32-25(22)17-7-4-3-6-16(17)24(21)31/h3-4,6-7,11,14-15,26H,5,8-10,12-13H2,1-2H3,(H,29,30). The second kappa shape index (κ2) is 7.97. The lowest BCUT2D eigenvalue weighted by molar-refractivity contribution is -0.137. The molecule has 5 rings (SSSR count). The molecule has 0 saturated carbocycles. The molecular weight excluding hydrogens is 406 g/mol. The molecule has 0 bridgehead atoms. The van der Waals surface area contributed by atoms with Crippen LogP contribution in [0.3, 0.4) is 0 Å². The van der Waals surface area contributed by atoms with Crippen LogP contribution in [0.1, 0.15) is 49.0 Å². The molecule has 32 heavy (non-hydrogen) atoms. The highest BCUT2D eigenvalue weighted by atomic mass is 16.5. The van der Waals surface area contributed by atoms with Gasteiger partial charge in [-0.2, -0.15) is 0 Å². The van der Waals surface area contributed by atoms with Gasteiger partial charge in [0.15, 0.2) is 11.5 Å². The molecule has 1 aliphatic heterocycles. The van der Waals surface area contributed by atoms with E-state index >= 15 is 0 Å². The molecule has 166 valence electrons. The molecule has 2 unspecified atom stereocenters. The Labute approximate surface area is 186 Å². The van der Waals surface area contributed by atoms with Crippen LogP contribution in [-0.4, -0.2) is 41.7 Å². The number of hydrogen-bond donors (Lipinski definition) is 2. The Morgan fingerprint density at radius 1 is 1.22 bits per heavy atom. The van der Waals surface area contributed by atoms with Crippen molar-refractivity contribution in [1.29, 1.82) is 0 Å². The van der Waals surface area contributed by atoms with Gasteiger partial charge in [0.1, 0.15) is 5.52 Å². The number of anilines is 2. The van der Waals surface area contributed by atoms with Crippen LogP contribution in [0.5, 0.6) is 0 Å². The van der Waals surface area contributed by atoms with Gasteiger partial charge < -0.3 is 19.8 Å². The van der Waals surface area contributed by atoms with E-state index in [4.69, 9.17) is 9.63 Å². The van der Waals surface area contributed by atoms with Gasteiger partial charge in [-0.1, -0.05) is 43.3 Å². The fraction of sp³-hybridized carbons (Fsp3) is 0.400. The number of nitrogens with one attached hydrogen (secondary N) is 1. The van der Waals surface area contributed by atoms with Gasteiger partial charge in [0, 0.05) is 42.9 Å². The summed E-state index contributed by atoms with van der Waals surface area (Å²) in [5.74, 6) is 0.851. The lowest BCUT2D eigenvalue weighted by Crippen LogP contribution is -2.39. The number of ketones is 1. The van der Waals surface area contributed by atoms with Gasteiger partial charge in [0.05, 0.1) is 16.6 Å². The van der Waals surface area contributed by atoms with Gasteiger partial charge in [-0.05, 0) is 30.7 Å². The summed E-state index contributed by atoms with van der Waals surface area (Å²) in [4.78, 5) is 26.8. The molecule has 7 nitrogen and oxygen atoms in total. The highest BCUT2D eigenvalue weighted by molar-refractivity contribution is 6.28. The Balaban J connectivity index is 1.66. The number of fused-ring (bicyclic) bond motifs is 2. The van der Waals surface area contributed by atoms with Gasteiger partial charge in [0.2, 0.25) is 0 Å². The molecule has 1 aromatic heterocycles. The van der Waals surface area contributed by atoms with E-state index in [-0.39, 0.29) is 12.2 Å². The van der Waals surface area contributed by atoms with E-state index < -0.39 is 5.97 Å². The number of benzene rings is 2. The Morgan fingerprint density at radius 3 is 2.66 bits per heavy atom. The molecular formula is C25H27N3O4. The maximum Gasteiger partial charge on any atom is 0.303 e. The summed E-state index contributed by atoms with van der Waals surface area (Å²) in [5.41, 5.74) is 4.32. The second-order valence-corrected chi connectivity index (χ2v) is 9.20. The minimum absolute atomic E-state index is 0.0611. The first-order chi connectivity index (χ1) is 15.4. The summed E-state index contributed by atoms with van der Waals surface area (Å²) in [5, 5.41) is 17.5. The van der Waals surface area contributed by atoms with Crippen molar-refractivity contribution in [2.75, 3.05) is 29.9 Å².